The monoisotopic (exact) mass is 1440 g/mol. The standard InChI is InChI=1S/C42H71NO8.C40H67NO8.2CH4/c1-24(2)30(43(13)34(46)51-35(3,4)5)33(45)49-28-16-18-42-23-41(42)20-19-38(10)31(40(12)17-15-29(50-40)37(8,9)47)25(44)22-39(38,11)27(41)21-26(48-14)32(42)36(28,6)7;1-22(2)28(41-32(45)49-33(3,4)5)31(44)47-26-14-16-40-21-39(40)18-17-36(10)30(38(12)15-13-27(48-38)35(8,9)46)24(43)20-37(36,11)25(39)19-23(42)29(40)34(26,6)7;;/h24-32,44,47H,15-23H2,1-14H3;22-30,42-43,46H,13-21H2,1-12H3,(H,41,45);2*1H4/t25-,26-,27?,28-,29-,30-,31-,32-,38+,39-,40+,41?,42+;23-,24-,25?,26-,27-,28-,29-,30-,36+,37-,38+,39?,40+;;/m00../s1. The van der Waals surface area contributed by atoms with Crippen molar-refractivity contribution in [2.45, 2.75) is 391 Å². The number of fused-ring (bicyclic) bond motifs is 4. The van der Waals surface area contributed by atoms with Gasteiger partial charge in [-0.1, -0.05) is 97.9 Å². The maximum Gasteiger partial charge on any atom is 0.410 e. The lowest BCUT2D eigenvalue weighted by Gasteiger charge is -2.65. The van der Waals surface area contributed by atoms with Gasteiger partial charge < -0.3 is 64.0 Å². The van der Waals surface area contributed by atoms with Gasteiger partial charge in [0.2, 0.25) is 0 Å². The van der Waals surface area contributed by atoms with Crippen LogP contribution >= 0.6 is 0 Å². The number of amides is 2. The molecule has 0 radical (unpaired) electrons. The average molecular weight is 1440 g/mol. The second-order valence-corrected chi connectivity index (χ2v) is 42.0. The molecular weight excluding hydrogens is 1290 g/mol. The van der Waals surface area contributed by atoms with Crippen molar-refractivity contribution in [3.8, 4) is 0 Å². The molecule has 2 aliphatic heterocycles. The van der Waals surface area contributed by atoms with Crippen LogP contribution in [-0.2, 0) is 42.7 Å². The van der Waals surface area contributed by atoms with E-state index in [1.165, 1.54) is 4.90 Å². The van der Waals surface area contributed by atoms with E-state index in [-0.39, 0.29) is 142 Å². The highest BCUT2D eigenvalue weighted by Gasteiger charge is 2.87. The average Bonchev–Trinajstić information content (AvgIpc) is 1.46. The molecule has 18 nitrogen and oxygen atoms in total. The molecule has 4 spiro atoms. The van der Waals surface area contributed by atoms with Crippen LogP contribution in [0.15, 0.2) is 0 Å². The van der Waals surface area contributed by atoms with Gasteiger partial charge in [0.15, 0.2) is 0 Å². The first-order chi connectivity index (χ1) is 45.5. The molecule has 12 rings (SSSR count). The molecule has 18 heteroatoms. The van der Waals surface area contributed by atoms with E-state index in [4.69, 9.17) is 33.2 Å². The number of alkyl carbamates (subject to hydrolysis) is 1. The van der Waals surface area contributed by atoms with Crippen LogP contribution in [0, 0.1) is 101 Å². The van der Waals surface area contributed by atoms with Crippen LogP contribution in [0.2, 0.25) is 0 Å². The second-order valence-electron chi connectivity index (χ2n) is 42.0. The minimum atomic E-state index is -0.935. The lowest BCUT2D eigenvalue weighted by Crippen LogP contribution is -2.63. The Labute approximate surface area is 616 Å². The smallest absolute Gasteiger partial charge is 0.410 e. The van der Waals surface area contributed by atoms with E-state index in [2.05, 4.69) is 74.6 Å². The first-order valence-electron chi connectivity index (χ1n) is 39.3. The van der Waals surface area contributed by atoms with E-state index < -0.39 is 87.6 Å². The Morgan fingerprint density at radius 1 is 0.500 bits per heavy atom. The van der Waals surface area contributed by atoms with Crippen molar-refractivity contribution in [2.24, 2.45) is 101 Å². The van der Waals surface area contributed by atoms with Gasteiger partial charge in [0.1, 0.15) is 35.5 Å². The Kier molecular flexibility index (Phi) is 21.3. The normalized spacial score (nSPS) is 46.1. The molecule has 2 amide bonds. The highest BCUT2D eigenvalue weighted by molar-refractivity contribution is 5.82. The molecule has 12 aliphatic rings. The highest BCUT2D eigenvalue weighted by Crippen LogP contribution is 2.91. The minimum Gasteiger partial charge on any atom is -0.460 e. The molecular formula is C84H146N2O16. The van der Waals surface area contributed by atoms with Gasteiger partial charge in [-0.05, 0) is 277 Å². The van der Waals surface area contributed by atoms with Crippen molar-refractivity contribution in [1.82, 2.24) is 10.2 Å². The molecule has 0 aromatic carbocycles. The molecule has 588 valence electrons. The first-order valence-corrected chi connectivity index (χ1v) is 39.3. The number of aliphatic hydroxyl groups excluding tert-OH is 3. The lowest BCUT2D eigenvalue weighted by atomic mass is 9.41. The maximum absolute atomic E-state index is 14.0. The van der Waals surface area contributed by atoms with Crippen LogP contribution in [-0.4, -0.2) is 163 Å². The van der Waals surface area contributed by atoms with Crippen LogP contribution in [0.5, 0.6) is 0 Å². The zero-order valence-corrected chi connectivity index (χ0v) is 66.8. The fraction of sp³-hybridized carbons (Fsp3) is 0.952. The Morgan fingerprint density at radius 2 is 0.912 bits per heavy atom. The number of hydrogen-bond donors (Lipinski definition) is 6. The first kappa shape index (κ1) is 83.2. The summed E-state index contributed by atoms with van der Waals surface area (Å²) < 4.78 is 43.9. The molecule has 10 aliphatic carbocycles. The zero-order chi connectivity index (χ0) is 74.7. The predicted octanol–water partition coefficient (Wildman–Crippen LogP) is 15.3. The molecule has 6 N–H and O–H groups in total. The third kappa shape index (κ3) is 12.6. The molecule has 0 aromatic rings. The molecule has 0 bridgehead atoms. The number of aliphatic hydroxyl groups is 5. The number of likely N-dealkylation sites (N-methyl/N-ethyl adjacent to an activating group) is 1. The highest BCUT2D eigenvalue weighted by atomic mass is 16.6. The fourth-order valence-corrected chi connectivity index (χ4v) is 27.5. The van der Waals surface area contributed by atoms with Crippen molar-refractivity contribution in [3.63, 3.8) is 0 Å². The summed E-state index contributed by atoms with van der Waals surface area (Å²) in [5.74, 6) is -0.336. The largest absolute Gasteiger partial charge is 0.460 e. The SMILES string of the molecule is C.C.CC(C)[C@H](NC(=O)OC(C)(C)C)C(=O)O[C@H]1CC[C@]23CC24CC[C@]2(C)[C@@H]([C@@]5(C)CC[C@@H](C(C)(C)O)O5)[C@@H](O)C[C@@]2(C)C4C[C@H](O)[C@H]3C1(C)C.CO[C@H]1CC2C3(CC[C@]4(C)[C@@H]([C@@]5(C)CC[C@@H](C(C)(C)O)O5)[C@@H](O)C[C@@]24C)C[C@@]32CC[C@H](OC(=O)[C@H](C(C)C)N(C)C(=O)OC(C)(C)C)C(C)(C)[C@H]12. The molecule has 12 fully saturated rings. The van der Waals surface area contributed by atoms with E-state index >= 15 is 0 Å². The van der Waals surface area contributed by atoms with Crippen LogP contribution < -0.4 is 5.32 Å². The van der Waals surface area contributed by atoms with E-state index in [0.717, 1.165) is 103 Å². The van der Waals surface area contributed by atoms with Crippen molar-refractivity contribution in [2.75, 3.05) is 14.2 Å². The molecule has 2 saturated heterocycles. The van der Waals surface area contributed by atoms with Gasteiger partial charge >= 0.3 is 24.1 Å². The summed E-state index contributed by atoms with van der Waals surface area (Å²) in [5, 5.41) is 60.7. The number of rotatable bonds is 13. The van der Waals surface area contributed by atoms with Gasteiger partial charge in [0, 0.05) is 36.8 Å². The third-order valence-corrected chi connectivity index (χ3v) is 31.8. The summed E-state index contributed by atoms with van der Waals surface area (Å²) in [5.41, 5.74) is -5.24. The quantitative estimate of drug-likeness (QED) is 0.0741. The minimum absolute atomic E-state index is 0. The summed E-state index contributed by atoms with van der Waals surface area (Å²) in [7, 11) is 3.48. The lowest BCUT2D eigenvalue weighted by molar-refractivity contribution is -0.223. The van der Waals surface area contributed by atoms with Crippen LogP contribution in [0.25, 0.3) is 0 Å². The number of carbonyl (C=O) groups excluding carboxylic acids is 4. The summed E-state index contributed by atoms with van der Waals surface area (Å²) >= 11 is 0. The molecule has 0 aromatic heterocycles. The van der Waals surface area contributed by atoms with Gasteiger partial charge in [-0.15, -0.1) is 0 Å². The van der Waals surface area contributed by atoms with E-state index in [9.17, 15) is 44.7 Å². The zero-order valence-electron chi connectivity index (χ0n) is 66.8. The van der Waals surface area contributed by atoms with Crippen molar-refractivity contribution < 1.29 is 77.9 Å². The number of esters is 2. The Morgan fingerprint density at radius 3 is 1.30 bits per heavy atom. The van der Waals surface area contributed by atoms with Crippen molar-refractivity contribution in [1.29, 1.82) is 0 Å². The predicted molar refractivity (Wildman–Crippen MR) is 396 cm³/mol. The molecule has 102 heavy (non-hydrogen) atoms. The second kappa shape index (κ2) is 26.2. The van der Waals surface area contributed by atoms with Crippen LogP contribution in [0.4, 0.5) is 9.59 Å². The molecule has 2 heterocycles. The van der Waals surface area contributed by atoms with Gasteiger partial charge in [-0.3, -0.25) is 4.90 Å². The van der Waals surface area contributed by atoms with Crippen molar-refractivity contribution >= 4 is 24.1 Å². The third-order valence-electron chi connectivity index (χ3n) is 31.8. The number of methoxy groups -OCH3 is 1. The van der Waals surface area contributed by atoms with E-state index in [0.29, 0.717) is 18.8 Å². The number of carbonyl (C=O) groups is 4. The topological polar surface area (TPSA) is 249 Å². The fourth-order valence-electron chi connectivity index (χ4n) is 27.5. The summed E-state index contributed by atoms with van der Waals surface area (Å²) in [6.45, 7) is 48.7. The Bertz CT molecular complexity index is 3120. The van der Waals surface area contributed by atoms with Crippen LogP contribution in [0.1, 0.15) is 297 Å². The summed E-state index contributed by atoms with van der Waals surface area (Å²) in [6, 6.07) is -1.59. The summed E-state index contributed by atoms with van der Waals surface area (Å²) in [4.78, 5) is 54.7. The number of nitrogens with one attached hydrogen (secondary N) is 1. The van der Waals surface area contributed by atoms with Gasteiger partial charge in [-0.2, -0.15) is 0 Å². The molecule has 4 unspecified atom stereocenters. The van der Waals surface area contributed by atoms with Gasteiger partial charge in [0.25, 0.3) is 0 Å². The van der Waals surface area contributed by atoms with E-state index in [1.807, 2.05) is 83.3 Å². The van der Waals surface area contributed by atoms with Crippen LogP contribution in [0.3, 0.4) is 0 Å². The van der Waals surface area contributed by atoms with Crippen molar-refractivity contribution in [3.05, 3.63) is 0 Å². The maximum atomic E-state index is 14.0. The molecule has 10 saturated carbocycles. The van der Waals surface area contributed by atoms with Gasteiger partial charge in [0.05, 0.1) is 59.0 Å². The van der Waals surface area contributed by atoms with Gasteiger partial charge in [-0.25, -0.2) is 19.2 Å². The number of hydrogen-bond acceptors (Lipinski definition) is 16. The number of nitrogens with zero attached hydrogens (tertiary/aromatic N) is 1. The van der Waals surface area contributed by atoms with E-state index in [1.54, 1.807) is 27.8 Å². The Hall–Kier alpha value is -2.84. The molecule has 26 atom stereocenters. The Balaban J connectivity index is 0.000000233. The summed E-state index contributed by atoms with van der Waals surface area (Å²) in [6.07, 6.45) is 12.3. The number of ether oxygens (including phenoxy) is 7.